The van der Waals surface area contributed by atoms with Crippen LogP contribution < -0.4 is 0 Å². The SMILES string of the molecule is [C-]#[N+]c1ccc(-c2ccc3c(c2)oc2ccccc23)c2c1sc1c(-n3c4ccccc4c4cc(-c5ccccc5)ccc43)cccc12. The van der Waals surface area contributed by atoms with E-state index in [1.807, 2.05) is 24.3 Å². The Labute approximate surface area is 274 Å². The number of hydrogen-bond acceptors (Lipinski definition) is 2. The smallest absolute Gasteiger partial charge is 0.204 e. The molecule has 10 rings (SSSR count). The summed E-state index contributed by atoms with van der Waals surface area (Å²) in [6, 6.07) is 51.3. The Kier molecular flexibility index (Phi) is 5.51. The van der Waals surface area contributed by atoms with Gasteiger partial charge in [0.15, 0.2) is 0 Å². The lowest BCUT2D eigenvalue weighted by atomic mass is 9.97. The molecule has 0 bridgehead atoms. The highest BCUT2D eigenvalue weighted by Gasteiger charge is 2.20. The van der Waals surface area contributed by atoms with Crippen LogP contribution in [0.25, 0.3) is 96.7 Å². The van der Waals surface area contributed by atoms with Gasteiger partial charge in [0.25, 0.3) is 0 Å². The fourth-order valence-corrected chi connectivity index (χ4v) is 8.60. The number of furan rings is 1. The monoisotopic (exact) mass is 616 g/mol. The number of benzene rings is 7. The lowest BCUT2D eigenvalue weighted by Gasteiger charge is -2.10. The van der Waals surface area contributed by atoms with Crippen molar-refractivity contribution in [2.75, 3.05) is 0 Å². The van der Waals surface area contributed by atoms with Crippen LogP contribution in [0.3, 0.4) is 0 Å². The average Bonchev–Trinajstić information content (AvgIpc) is 3.81. The molecule has 0 saturated carbocycles. The summed E-state index contributed by atoms with van der Waals surface area (Å²) in [4.78, 5) is 3.97. The summed E-state index contributed by atoms with van der Waals surface area (Å²) in [5.74, 6) is 0. The first-order valence-electron chi connectivity index (χ1n) is 15.6. The first kappa shape index (κ1) is 26.1. The van der Waals surface area contributed by atoms with E-state index in [1.165, 1.54) is 32.1 Å². The van der Waals surface area contributed by atoms with Gasteiger partial charge in [0.05, 0.1) is 28.0 Å². The zero-order valence-electron chi connectivity index (χ0n) is 25.1. The molecule has 3 heterocycles. The lowest BCUT2D eigenvalue weighted by Crippen LogP contribution is -1.93. The van der Waals surface area contributed by atoms with Crippen molar-refractivity contribution in [1.82, 2.24) is 4.57 Å². The number of nitrogens with zero attached hydrogens (tertiary/aromatic N) is 2. The second-order valence-corrected chi connectivity index (χ2v) is 13.0. The van der Waals surface area contributed by atoms with Crippen LogP contribution in [0.4, 0.5) is 5.69 Å². The Bertz CT molecular complexity index is 2920. The van der Waals surface area contributed by atoms with Crippen LogP contribution in [-0.4, -0.2) is 4.57 Å². The number of hydrogen-bond donors (Lipinski definition) is 0. The third-order valence-corrected chi connectivity index (χ3v) is 10.7. The van der Waals surface area contributed by atoms with Gasteiger partial charge in [-0.3, -0.25) is 0 Å². The van der Waals surface area contributed by atoms with Crippen molar-refractivity contribution >= 4 is 80.9 Å². The van der Waals surface area contributed by atoms with Gasteiger partial charge in [-0.05, 0) is 70.1 Å². The molecule has 7 aromatic carbocycles. The molecular formula is C43H24N2OS. The molecule has 0 spiro atoms. The van der Waals surface area contributed by atoms with Gasteiger partial charge in [0, 0.05) is 31.6 Å². The Morgan fingerprint density at radius 2 is 1.26 bits per heavy atom. The zero-order chi connectivity index (χ0) is 31.1. The molecular weight excluding hydrogens is 593 g/mol. The Balaban J connectivity index is 1.24. The second-order valence-electron chi connectivity index (χ2n) is 12.0. The minimum atomic E-state index is 0.676. The summed E-state index contributed by atoms with van der Waals surface area (Å²) in [5.41, 5.74) is 10.5. The Morgan fingerprint density at radius 1 is 0.511 bits per heavy atom. The van der Waals surface area contributed by atoms with Crippen LogP contribution in [-0.2, 0) is 0 Å². The highest BCUT2D eigenvalue weighted by Crippen LogP contribution is 2.48. The molecule has 0 unspecified atom stereocenters. The molecule has 3 nitrogen and oxygen atoms in total. The molecule has 0 aliphatic heterocycles. The van der Waals surface area contributed by atoms with Gasteiger partial charge in [-0.2, -0.15) is 0 Å². The van der Waals surface area contributed by atoms with E-state index in [4.69, 9.17) is 11.0 Å². The van der Waals surface area contributed by atoms with Crippen molar-refractivity contribution in [3.05, 3.63) is 157 Å². The minimum absolute atomic E-state index is 0.676. The maximum atomic E-state index is 8.06. The fraction of sp³-hybridized carbons (Fsp3) is 0. The van der Waals surface area contributed by atoms with Crippen LogP contribution in [0, 0.1) is 6.57 Å². The number of aromatic nitrogens is 1. The standard InChI is InChI=1S/C43H24N2OS/c1-44-35-22-21-29(28-18-20-32-31-13-6-8-17-39(31)46-40(32)25-28)41-33-14-9-16-38(42(33)47-43(35)41)45-36-15-7-5-12-30(36)34-24-27(19-23-37(34)45)26-10-3-2-4-11-26/h2-25H. The summed E-state index contributed by atoms with van der Waals surface area (Å²) in [7, 11) is 0. The molecule has 0 amide bonds. The normalized spacial score (nSPS) is 11.8. The van der Waals surface area contributed by atoms with Crippen molar-refractivity contribution in [1.29, 1.82) is 0 Å². The topological polar surface area (TPSA) is 22.4 Å². The van der Waals surface area contributed by atoms with E-state index < -0.39 is 0 Å². The van der Waals surface area contributed by atoms with E-state index in [9.17, 15) is 0 Å². The largest absolute Gasteiger partial charge is 0.456 e. The molecule has 3 aromatic heterocycles. The maximum absolute atomic E-state index is 8.06. The minimum Gasteiger partial charge on any atom is -0.456 e. The van der Waals surface area contributed by atoms with Crippen LogP contribution in [0.2, 0.25) is 0 Å². The predicted octanol–water partition coefficient (Wildman–Crippen LogP) is 12.9. The third-order valence-electron chi connectivity index (χ3n) is 9.44. The molecule has 10 aromatic rings. The van der Waals surface area contributed by atoms with Crippen molar-refractivity contribution in [2.24, 2.45) is 0 Å². The molecule has 0 aliphatic rings. The quantitative estimate of drug-likeness (QED) is 0.181. The van der Waals surface area contributed by atoms with E-state index in [1.54, 1.807) is 11.3 Å². The molecule has 4 heteroatoms. The van der Waals surface area contributed by atoms with Crippen LogP contribution >= 0.6 is 11.3 Å². The van der Waals surface area contributed by atoms with E-state index >= 15 is 0 Å². The fourth-order valence-electron chi connectivity index (χ4n) is 7.31. The van der Waals surface area contributed by atoms with E-state index in [-0.39, 0.29) is 0 Å². The van der Waals surface area contributed by atoms with Gasteiger partial charge in [-0.25, -0.2) is 4.85 Å². The number of para-hydroxylation sites is 2. The summed E-state index contributed by atoms with van der Waals surface area (Å²) in [5, 5.41) is 6.94. The van der Waals surface area contributed by atoms with Crippen LogP contribution in [0.1, 0.15) is 0 Å². The Hall–Kier alpha value is -6.15. The van der Waals surface area contributed by atoms with Gasteiger partial charge in [0.2, 0.25) is 5.69 Å². The first-order chi connectivity index (χ1) is 23.3. The summed E-state index contributed by atoms with van der Waals surface area (Å²) in [6.07, 6.45) is 0. The lowest BCUT2D eigenvalue weighted by molar-refractivity contribution is 0.669. The Morgan fingerprint density at radius 3 is 2.15 bits per heavy atom. The highest BCUT2D eigenvalue weighted by atomic mass is 32.1. The van der Waals surface area contributed by atoms with E-state index in [2.05, 4.69) is 131 Å². The van der Waals surface area contributed by atoms with Crippen LogP contribution in [0.15, 0.2) is 150 Å². The van der Waals surface area contributed by atoms with Crippen LogP contribution in [0.5, 0.6) is 0 Å². The number of rotatable bonds is 3. The van der Waals surface area contributed by atoms with Crippen molar-refractivity contribution in [2.45, 2.75) is 0 Å². The van der Waals surface area contributed by atoms with Gasteiger partial charge in [-0.15, -0.1) is 11.3 Å². The summed E-state index contributed by atoms with van der Waals surface area (Å²) >= 11 is 1.71. The molecule has 218 valence electrons. The molecule has 0 N–H and O–H groups in total. The zero-order valence-corrected chi connectivity index (χ0v) is 25.9. The molecule has 0 saturated heterocycles. The van der Waals surface area contributed by atoms with Gasteiger partial charge in [-0.1, -0.05) is 103 Å². The molecule has 0 atom stereocenters. The number of fused-ring (bicyclic) bond motifs is 9. The average molecular weight is 617 g/mol. The first-order valence-corrected chi connectivity index (χ1v) is 16.4. The van der Waals surface area contributed by atoms with Crippen molar-refractivity contribution in [3.63, 3.8) is 0 Å². The molecule has 47 heavy (non-hydrogen) atoms. The van der Waals surface area contributed by atoms with Crippen molar-refractivity contribution < 1.29 is 4.42 Å². The summed E-state index contributed by atoms with van der Waals surface area (Å²) < 4.78 is 10.9. The van der Waals surface area contributed by atoms with E-state index in [0.717, 1.165) is 59.7 Å². The predicted molar refractivity (Wildman–Crippen MR) is 198 cm³/mol. The van der Waals surface area contributed by atoms with Gasteiger partial charge < -0.3 is 8.98 Å². The summed E-state index contributed by atoms with van der Waals surface area (Å²) in [6.45, 7) is 8.06. The molecule has 0 radical (unpaired) electrons. The van der Waals surface area contributed by atoms with Gasteiger partial charge in [0.1, 0.15) is 11.2 Å². The molecule has 0 fully saturated rings. The maximum Gasteiger partial charge on any atom is 0.204 e. The highest BCUT2D eigenvalue weighted by molar-refractivity contribution is 7.27. The second kappa shape index (κ2) is 9.92. The van der Waals surface area contributed by atoms with E-state index in [0.29, 0.717) is 5.69 Å². The number of thiophene rings is 1. The molecule has 0 aliphatic carbocycles. The van der Waals surface area contributed by atoms with Crippen molar-refractivity contribution in [3.8, 4) is 27.9 Å². The van der Waals surface area contributed by atoms with Gasteiger partial charge >= 0.3 is 0 Å². The third kappa shape index (κ3) is 3.78.